The zero-order valence-electron chi connectivity index (χ0n) is 12.3. The first-order valence-corrected chi connectivity index (χ1v) is 7.41. The largest absolute Gasteiger partial charge is 0.387 e. The molecule has 0 heterocycles. The predicted octanol–water partition coefficient (Wildman–Crippen LogP) is 3.50. The topological polar surface area (TPSA) is 32.3 Å². The summed E-state index contributed by atoms with van der Waals surface area (Å²) >= 11 is 0. The average Bonchev–Trinajstić information content (AvgIpc) is 2.54. The highest BCUT2D eigenvalue weighted by Gasteiger charge is 2.11. The zero-order valence-corrected chi connectivity index (χ0v) is 12.3. The molecule has 2 N–H and O–H groups in total. The van der Waals surface area contributed by atoms with E-state index in [9.17, 15) is 5.11 Å². The lowest BCUT2D eigenvalue weighted by Gasteiger charge is -2.20. The normalized spacial score (nSPS) is 13.6. The molecular weight excluding hydrogens is 258 g/mol. The molecule has 110 valence electrons. The van der Waals surface area contributed by atoms with Gasteiger partial charge in [-0.05, 0) is 24.0 Å². The Morgan fingerprint density at radius 3 is 2.24 bits per heavy atom. The SMILES string of the molecule is C=CCC(Cc1ccccc1)NC[C@H](O)c1ccccc1. The average molecular weight is 281 g/mol. The minimum Gasteiger partial charge on any atom is -0.387 e. The lowest BCUT2D eigenvalue weighted by Crippen LogP contribution is -2.34. The minimum absolute atomic E-state index is 0.295. The molecule has 0 saturated carbocycles. The first kappa shape index (κ1) is 15.5. The minimum atomic E-state index is -0.478. The molecule has 0 aliphatic carbocycles. The van der Waals surface area contributed by atoms with Crippen LogP contribution in [0.2, 0.25) is 0 Å². The molecule has 0 aliphatic rings. The Balaban J connectivity index is 1.89. The van der Waals surface area contributed by atoms with Crippen LogP contribution in [0.4, 0.5) is 0 Å². The fraction of sp³-hybridized carbons (Fsp3) is 0.263. The number of aliphatic hydroxyl groups is 1. The van der Waals surface area contributed by atoms with Gasteiger partial charge in [-0.3, -0.25) is 0 Å². The fourth-order valence-electron chi connectivity index (χ4n) is 2.41. The van der Waals surface area contributed by atoms with E-state index in [0.29, 0.717) is 12.6 Å². The van der Waals surface area contributed by atoms with Crippen LogP contribution in [-0.4, -0.2) is 17.7 Å². The third-order valence-corrected chi connectivity index (χ3v) is 3.56. The Morgan fingerprint density at radius 1 is 1.00 bits per heavy atom. The summed E-state index contributed by atoms with van der Waals surface area (Å²) in [5.41, 5.74) is 2.24. The van der Waals surface area contributed by atoms with Gasteiger partial charge in [0, 0.05) is 12.6 Å². The van der Waals surface area contributed by atoms with Crippen molar-refractivity contribution in [1.82, 2.24) is 5.32 Å². The molecule has 1 unspecified atom stereocenters. The standard InChI is InChI=1S/C19H23NO/c1-2-9-18(14-16-10-5-3-6-11-16)20-15-19(21)17-12-7-4-8-13-17/h2-8,10-13,18-21H,1,9,14-15H2/t18?,19-/m0/s1. The van der Waals surface area contributed by atoms with Crippen molar-refractivity contribution in [3.8, 4) is 0 Å². The molecule has 2 atom stereocenters. The van der Waals surface area contributed by atoms with Crippen LogP contribution in [0.3, 0.4) is 0 Å². The Bertz CT molecular complexity index is 524. The van der Waals surface area contributed by atoms with Crippen molar-refractivity contribution in [3.63, 3.8) is 0 Å². The van der Waals surface area contributed by atoms with E-state index < -0.39 is 6.10 Å². The summed E-state index contributed by atoms with van der Waals surface area (Å²) in [5.74, 6) is 0. The first-order valence-electron chi connectivity index (χ1n) is 7.41. The molecule has 2 rings (SSSR count). The van der Waals surface area contributed by atoms with E-state index in [1.54, 1.807) is 0 Å². The van der Waals surface area contributed by atoms with Gasteiger partial charge in [0.05, 0.1) is 6.10 Å². The highest BCUT2D eigenvalue weighted by Crippen LogP contribution is 2.12. The molecule has 0 aromatic heterocycles. The van der Waals surface area contributed by atoms with Gasteiger partial charge in [0.2, 0.25) is 0 Å². The smallest absolute Gasteiger partial charge is 0.0914 e. The zero-order chi connectivity index (χ0) is 14.9. The van der Waals surface area contributed by atoms with Gasteiger partial charge in [-0.2, -0.15) is 0 Å². The van der Waals surface area contributed by atoms with E-state index in [1.165, 1.54) is 5.56 Å². The fourth-order valence-corrected chi connectivity index (χ4v) is 2.41. The van der Waals surface area contributed by atoms with E-state index in [1.807, 2.05) is 42.5 Å². The van der Waals surface area contributed by atoms with Crippen LogP contribution in [0.25, 0.3) is 0 Å². The van der Waals surface area contributed by atoms with Gasteiger partial charge in [-0.25, -0.2) is 0 Å². The molecule has 2 nitrogen and oxygen atoms in total. The van der Waals surface area contributed by atoms with Crippen LogP contribution in [0.15, 0.2) is 73.3 Å². The van der Waals surface area contributed by atoms with Crippen molar-refractivity contribution < 1.29 is 5.11 Å². The summed E-state index contributed by atoms with van der Waals surface area (Å²) in [4.78, 5) is 0. The Morgan fingerprint density at radius 2 is 1.62 bits per heavy atom. The summed E-state index contributed by atoms with van der Waals surface area (Å²) < 4.78 is 0. The van der Waals surface area contributed by atoms with E-state index in [4.69, 9.17) is 0 Å². The van der Waals surface area contributed by atoms with Crippen LogP contribution in [0.1, 0.15) is 23.7 Å². The summed E-state index contributed by atoms with van der Waals surface area (Å²) in [6.07, 6.45) is 3.27. The molecule has 0 spiro atoms. The second-order valence-corrected chi connectivity index (χ2v) is 5.25. The Hall–Kier alpha value is -1.90. The quantitative estimate of drug-likeness (QED) is 0.726. The third kappa shape index (κ3) is 5.18. The maximum absolute atomic E-state index is 10.2. The number of aliphatic hydroxyl groups excluding tert-OH is 1. The number of nitrogens with one attached hydrogen (secondary N) is 1. The van der Waals surface area contributed by atoms with Crippen molar-refractivity contribution in [2.45, 2.75) is 25.0 Å². The van der Waals surface area contributed by atoms with E-state index >= 15 is 0 Å². The second-order valence-electron chi connectivity index (χ2n) is 5.25. The Kier molecular flexibility index (Phi) is 6.20. The molecule has 0 aliphatic heterocycles. The molecule has 2 aromatic carbocycles. The number of hydrogen-bond acceptors (Lipinski definition) is 2. The van der Waals surface area contributed by atoms with Crippen molar-refractivity contribution in [2.24, 2.45) is 0 Å². The molecule has 0 fully saturated rings. The molecule has 2 aromatic rings. The maximum Gasteiger partial charge on any atom is 0.0914 e. The van der Waals surface area contributed by atoms with Gasteiger partial charge in [0.1, 0.15) is 0 Å². The first-order chi connectivity index (χ1) is 10.3. The van der Waals surface area contributed by atoms with E-state index in [0.717, 1.165) is 18.4 Å². The van der Waals surface area contributed by atoms with Crippen LogP contribution in [-0.2, 0) is 6.42 Å². The van der Waals surface area contributed by atoms with E-state index in [2.05, 4.69) is 36.2 Å². The third-order valence-electron chi connectivity index (χ3n) is 3.56. The molecule has 2 heteroatoms. The summed E-state index contributed by atoms with van der Waals surface area (Å²) in [7, 11) is 0. The van der Waals surface area contributed by atoms with Gasteiger partial charge in [-0.1, -0.05) is 66.7 Å². The highest BCUT2D eigenvalue weighted by atomic mass is 16.3. The summed E-state index contributed by atoms with van der Waals surface area (Å²) in [6.45, 7) is 4.38. The highest BCUT2D eigenvalue weighted by molar-refractivity contribution is 5.18. The molecular formula is C19H23NO. The van der Waals surface area contributed by atoms with Crippen LogP contribution in [0, 0.1) is 0 Å². The lowest BCUT2D eigenvalue weighted by atomic mass is 10.0. The lowest BCUT2D eigenvalue weighted by molar-refractivity contribution is 0.169. The maximum atomic E-state index is 10.2. The number of benzene rings is 2. The molecule has 0 bridgehead atoms. The molecule has 21 heavy (non-hydrogen) atoms. The van der Waals surface area contributed by atoms with Crippen molar-refractivity contribution in [1.29, 1.82) is 0 Å². The molecule has 0 radical (unpaired) electrons. The van der Waals surface area contributed by atoms with Gasteiger partial charge >= 0.3 is 0 Å². The van der Waals surface area contributed by atoms with Crippen LogP contribution in [0.5, 0.6) is 0 Å². The van der Waals surface area contributed by atoms with Gasteiger partial charge in [0.25, 0.3) is 0 Å². The van der Waals surface area contributed by atoms with Gasteiger partial charge in [-0.15, -0.1) is 6.58 Å². The van der Waals surface area contributed by atoms with Crippen molar-refractivity contribution in [2.75, 3.05) is 6.54 Å². The van der Waals surface area contributed by atoms with Crippen LogP contribution >= 0.6 is 0 Å². The van der Waals surface area contributed by atoms with Crippen molar-refractivity contribution in [3.05, 3.63) is 84.4 Å². The predicted molar refractivity (Wildman–Crippen MR) is 88.2 cm³/mol. The summed E-state index contributed by atoms with van der Waals surface area (Å²) in [5, 5.41) is 13.7. The number of hydrogen-bond donors (Lipinski definition) is 2. The van der Waals surface area contributed by atoms with Gasteiger partial charge in [0.15, 0.2) is 0 Å². The Labute approximate surface area is 127 Å². The molecule has 0 amide bonds. The van der Waals surface area contributed by atoms with E-state index in [-0.39, 0.29) is 0 Å². The van der Waals surface area contributed by atoms with Crippen molar-refractivity contribution >= 4 is 0 Å². The number of rotatable bonds is 8. The van der Waals surface area contributed by atoms with Gasteiger partial charge < -0.3 is 10.4 Å². The van der Waals surface area contributed by atoms with Crippen LogP contribution < -0.4 is 5.32 Å². The monoisotopic (exact) mass is 281 g/mol. The second kappa shape index (κ2) is 8.40. The molecule has 0 saturated heterocycles. The summed E-state index contributed by atoms with van der Waals surface area (Å²) in [6, 6.07) is 20.4.